The summed E-state index contributed by atoms with van der Waals surface area (Å²) in [7, 11) is -3.75. The van der Waals surface area contributed by atoms with Gasteiger partial charge < -0.3 is 0 Å². The predicted octanol–water partition coefficient (Wildman–Crippen LogP) is 3.57. The van der Waals surface area contributed by atoms with Crippen molar-refractivity contribution in [2.75, 3.05) is 5.75 Å². The van der Waals surface area contributed by atoms with Gasteiger partial charge in [0.15, 0.2) is 15.6 Å². The molecule has 0 radical (unpaired) electrons. The number of benzene rings is 1. The Morgan fingerprint density at radius 1 is 1.33 bits per heavy atom. The molecule has 0 heterocycles. The van der Waals surface area contributed by atoms with Gasteiger partial charge in [-0.05, 0) is 25.1 Å². The number of hydrogen-bond donors (Lipinski definition) is 0. The van der Waals surface area contributed by atoms with Crippen molar-refractivity contribution in [3.63, 3.8) is 0 Å². The summed E-state index contributed by atoms with van der Waals surface area (Å²) >= 11 is 17.5. The fourth-order valence-corrected chi connectivity index (χ4v) is 3.18. The van der Waals surface area contributed by atoms with Crippen molar-refractivity contribution < 1.29 is 13.2 Å². The molecule has 0 fully saturated rings. The number of hydrogen-bond acceptors (Lipinski definition) is 3. The highest BCUT2D eigenvalue weighted by molar-refractivity contribution is 7.95. The third-order valence-electron chi connectivity index (χ3n) is 2.55. The van der Waals surface area contributed by atoms with E-state index in [1.165, 1.54) is 25.1 Å². The summed E-state index contributed by atoms with van der Waals surface area (Å²) in [5.74, 6) is -0.989. The van der Waals surface area contributed by atoms with Gasteiger partial charge in [-0.2, -0.15) is 0 Å². The summed E-state index contributed by atoms with van der Waals surface area (Å²) in [5, 5.41) is 0.428. The van der Waals surface area contributed by atoms with Crippen LogP contribution in [0.5, 0.6) is 0 Å². The second-order valence-corrected chi connectivity index (χ2v) is 8.22. The van der Waals surface area contributed by atoms with Crippen molar-refractivity contribution >= 4 is 50.4 Å². The van der Waals surface area contributed by atoms with Crippen LogP contribution in [0.2, 0.25) is 10.0 Å². The number of alkyl halides is 1. The molecule has 3 nitrogen and oxygen atoms in total. The maximum absolute atomic E-state index is 12.2. The van der Waals surface area contributed by atoms with E-state index in [0.717, 1.165) is 6.92 Å². The average molecular weight is 330 g/mol. The van der Waals surface area contributed by atoms with Crippen LogP contribution in [0, 0.1) is 0 Å². The van der Waals surface area contributed by atoms with Gasteiger partial charge in [0.1, 0.15) is 0 Å². The van der Waals surface area contributed by atoms with Gasteiger partial charge in [-0.25, -0.2) is 8.42 Å². The van der Waals surface area contributed by atoms with Gasteiger partial charge in [0.05, 0.1) is 5.02 Å². The summed E-state index contributed by atoms with van der Waals surface area (Å²) in [6.45, 7) is 2.58. The highest BCUT2D eigenvalue weighted by Crippen LogP contribution is 2.31. The highest BCUT2D eigenvalue weighted by Gasteiger charge is 2.44. The van der Waals surface area contributed by atoms with Crippen molar-refractivity contribution in [2.45, 2.75) is 18.1 Å². The predicted molar refractivity (Wildman–Crippen MR) is 74.5 cm³/mol. The van der Waals surface area contributed by atoms with Crippen LogP contribution < -0.4 is 0 Å². The Labute approximate surface area is 121 Å². The molecule has 0 spiro atoms. The zero-order valence-electron chi connectivity index (χ0n) is 9.71. The third kappa shape index (κ3) is 2.82. The number of carbonyl (C=O) groups is 1. The normalized spacial score (nSPS) is 15.2. The number of halogens is 3. The van der Waals surface area contributed by atoms with Gasteiger partial charge in [0, 0.05) is 16.3 Å². The lowest BCUT2D eigenvalue weighted by atomic mass is 10.1. The van der Waals surface area contributed by atoms with Gasteiger partial charge in [0.25, 0.3) is 0 Å². The van der Waals surface area contributed by atoms with Gasteiger partial charge in [-0.15, -0.1) is 0 Å². The molecular formula is C11H11Cl3O3S. The molecule has 0 aliphatic rings. The lowest BCUT2D eigenvalue weighted by molar-refractivity contribution is 0.0978. The summed E-state index contributed by atoms with van der Waals surface area (Å²) < 4.78 is 21.6. The molecule has 1 aromatic carbocycles. The van der Waals surface area contributed by atoms with E-state index in [0.29, 0.717) is 5.02 Å². The lowest BCUT2D eigenvalue weighted by Crippen LogP contribution is -2.39. The van der Waals surface area contributed by atoms with Crippen LogP contribution in [-0.4, -0.2) is 24.2 Å². The minimum absolute atomic E-state index is 0.0376. The molecule has 0 unspecified atom stereocenters. The smallest absolute Gasteiger partial charge is 0.205 e. The largest absolute Gasteiger partial charge is 0.291 e. The first-order chi connectivity index (χ1) is 8.13. The van der Waals surface area contributed by atoms with E-state index < -0.39 is 19.8 Å². The molecule has 18 heavy (non-hydrogen) atoms. The Bertz CT molecular complexity index is 579. The number of carbonyl (C=O) groups excluding carboxylic acids is 1. The highest BCUT2D eigenvalue weighted by atomic mass is 35.5. The van der Waals surface area contributed by atoms with Crippen molar-refractivity contribution in [3.8, 4) is 0 Å². The van der Waals surface area contributed by atoms with E-state index in [1.807, 2.05) is 0 Å². The van der Waals surface area contributed by atoms with E-state index in [9.17, 15) is 13.2 Å². The average Bonchev–Trinajstić information content (AvgIpc) is 2.28. The van der Waals surface area contributed by atoms with E-state index in [4.69, 9.17) is 34.8 Å². The van der Waals surface area contributed by atoms with Crippen molar-refractivity contribution in [3.05, 3.63) is 33.8 Å². The van der Waals surface area contributed by atoms with Crippen LogP contribution in [-0.2, 0) is 9.84 Å². The molecule has 1 rings (SSSR count). The third-order valence-corrected chi connectivity index (χ3v) is 6.08. The number of Topliss-reactive ketones (excluding diaryl/α,β-unsaturated/α-hetero) is 1. The van der Waals surface area contributed by atoms with Crippen molar-refractivity contribution in [1.82, 2.24) is 0 Å². The Kier molecular flexibility index (Phi) is 4.70. The first-order valence-electron chi connectivity index (χ1n) is 5.04. The summed E-state index contributed by atoms with van der Waals surface area (Å²) in [4.78, 5) is 12.2. The molecule has 0 amide bonds. The maximum atomic E-state index is 12.2. The SMILES string of the molecule is CCS(=O)(=O)[C@@](C)(Cl)C(=O)c1ccc(Cl)cc1Cl. The maximum Gasteiger partial charge on any atom is 0.205 e. The van der Waals surface area contributed by atoms with E-state index in [-0.39, 0.29) is 16.3 Å². The summed E-state index contributed by atoms with van der Waals surface area (Å²) in [6, 6.07) is 4.17. The zero-order valence-corrected chi connectivity index (χ0v) is 12.8. The summed E-state index contributed by atoms with van der Waals surface area (Å²) in [6.07, 6.45) is 0. The Hall–Kier alpha value is -0.290. The quantitative estimate of drug-likeness (QED) is 0.627. The molecular weight excluding hydrogens is 319 g/mol. The zero-order chi connectivity index (χ0) is 14.1. The monoisotopic (exact) mass is 328 g/mol. The molecule has 100 valence electrons. The van der Waals surface area contributed by atoms with Gasteiger partial charge >= 0.3 is 0 Å². The van der Waals surface area contributed by atoms with E-state index >= 15 is 0 Å². The van der Waals surface area contributed by atoms with Gasteiger partial charge in [-0.1, -0.05) is 41.7 Å². The van der Waals surface area contributed by atoms with E-state index in [2.05, 4.69) is 0 Å². The van der Waals surface area contributed by atoms with Crippen LogP contribution >= 0.6 is 34.8 Å². The molecule has 1 atom stereocenters. The standard InChI is InChI=1S/C11H11Cl3O3S/c1-3-18(16,17)11(2,14)10(15)8-5-4-7(12)6-9(8)13/h4-6H,3H2,1-2H3/t11-/m1/s1. The molecule has 0 aliphatic heterocycles. The topological polar surface area (TPSA) is 51.2 Å². The molecule has 0 N–H and O–H groups in total. The molecule has 0 bridgehead atoms. The fourth-order valence-electron chi connectivity index (χ4n) is 1.33. The number of rotatable bonds is 4. The van der Waals surface area contributed by atoms with Crippen LogP contribution in [0.4, 0.5) is 0 Å². The molecule has 0 aromatic heterocycles. The minimum atomic E-state index is -3.75. The van der Waals surface area contributed by atoms with Crippen LogP contribution in [0.25, 0.3) is 0 Å². The van der Waals surface area contributed by atoms with Gasteiger partial charge in [-0.3, -0.25) is 4.79 Å². The van der Waals surface area contributed by atoms with Crippen LogP contribution in [0.3, 0.4) is 0 Å². The van der Waals surface area contributed by atoms with Gasteiger partial charge in [0.2, 0.25) is 4.21 Å². The first-order valence-corrected chi connectivity index (χ1v) is 7.83. The molecule has 0 saturated heterocycles. The molecule has 0 aliphatic carbocycles. The molecule has 7 heteroatoms. The Morgan fingerprint density at radius 2 is 1.89 bits per heavy atom. The lowest BCUT2D eigenvalue weighted by Gasteiger charge is -2.20. The van der Waals surface area contributed by atoms with Crippen molar-refractivity contribution in [2.24, 2.45) is 0 Å². The minimum Gasteiger partial charge on any atom is -0.291 e. The molecule has 0 saturated carbocycles. The summed E-state index contributed by atoms with van der Waals surface area (Å²) in [5.41, 5.74) is 0.0376. The van der Waals surface area contributed by atoms with E-state index in [1.54, 1.807) is 0 Å². The van der Waals surface area contributed by atoms with Crippen LogP contribution in [0.1, 0.15) is 24.2 Å². The van der Waals surface area contributed by atoms with Crippen molar-refractivity contribution in [1.29, 1.82) is 0 Å². The Balaban J connectivity index is 3.31. The second-order valence-electron chi connectivity index (χ2n) is 3.77. The Morgan fingerprint density at radius 3 is 2.33 bits per heavy atom. The van der Waals surface area contributed by atoms with Crippen LogP contribution in [0.15, 0.2) is 18.2 Å². The first kappa shape index (κ1) is 15.8. The number of ketones is 1. The fraction of sp³-hybridized carbons (Fsp3) is 0.364. The second kappa shape index (κ2) is 5.37. The molecule has 1 aromatic rings. The number of sulfone groups is 1.